The molecule has 0 unspecified atom stereocenters. The largest absolute Gasteiger partial charge is 0.287 e. The molecule has 0 aliphatic carbocycles. The molecular weight excluding hydrogens is 372 g/mol. The summed E-state index contributed by atoms with van der Waals surface area (Å²) < 4.78 is 0. The fourth-order valence-electron chi connectivity index (χ4n) is 4.19. The average molecular weight is 396 g/mol. The maximum Gasteiger partial charge on any atom is 0.214 e. The van der Waals surface area contributed by atoms with Crippen molar-refractivity contribution in [2.24, 2.45) is 0 Å². The third kappa shape index (κ3) is 2.53. The first-order chi connectivity index (χ1) is 14.0. The summed E-state index contributed by atoms with van der Waals surface area (Å²) in [6.07, 6.45) is 0. The normalized spacial score (nSPS) is 13.3. The van der Waals surface area contributed by atoms with Crippen molar-refractivity contribution in [1.82, 2.24) is 9.97 Å². The van der Waals surface area contributed by atoms with Crippen molar-refractivity contribution in [3.05, 3.63) is 68.0 Å². The number of nitrogens with zero attached hydrogens (tertiary/aromatic N) is 2. The zero-order valence-electron chi connectivity index (χ0n) is 18.2. The lowest BCUT2D eigenvalue weighted by atomic mass is 9.86. The molecule has 5 aromatic rings. The van der Waals surface area contributed by atoms with Gasteiger partial charge in [0, 0.05) is 21.5 Å². The van der Waals surface area contributed by atoms with E-state index in [9.17, 15) is 9.59 Å². The molecule has 0 saturated heterocycles. The number of fused-ring (bicyclic) bond motifs is 6. The lowest BCUT2D eigenvalue weighted by molar-refractivity contribution is 0.591. The summed E-state index contributed by atoms with van der Waals surface area (Å²) >= 11 is 0. The number of rotatable bonds is 0. The van der Waals surface area contributed by atoms with E-state index in [0.717, 1.165) is 21.9 Å². The van der Waals surface area contributed by atoms with Crippen LogP contribution in [0.1, 0.15) is 52.7 Å². The number of hydrogen-bond acceptors (Lipinski definition) is 4. The molecule has 0 atom stereocenters. The second-order valence-electron chi connectivity index (χ2n) is 10.3. The van der Waals surface area contributed by atoms with E-state index in [4.69, 9.17) is 0 Å². The minimum Gasteiger partial charge on any atom is -0.287 e. The Hall–Kier alpha value is -3.14. The Balaban J connectivity index is 1.89. The molecule has 4 aromatic carbocycles. The summed E-state index contributed by atoms with van der Waals surface area (Å²) in [5.74, 6) is 0. The SMILES string of the molecule is CC(C)(C)c1ccc2c(c1)c(=O)c1nc3c(nc12)c(=O)c1cc(C(C)(C)C)ccc13. The molecule has 0 radical (unpaired) electrons. The van der Waals surface area contributed by atoms with Gasteiger partial charge in [0.15, 0.2) is 0 Å². The molecule has 5 rings (SSSR count). The van der Waals surface area contributed by atoms with Gasteiger partial charge in [-0.25, -0.2) is 9.97 Å². The molecule has 0 spiro atoms. The fraction of sp³-hybridized carbons (Fsp3) is 0.308. The topological polar surface area (TPSA) is 59.9 Å². The van der Waals surface area contributed by atoms with Crippen LogP contribution in [0, 0.1) is 0 Å². The summed E-state index contributed by atoms with van der Waals surface area (Å²) in [6.45, 7) is 12.7. The third-order valence-electron chi connectivity index (χ3n) is 6.10. The zero-order chi connectivity index (χ0) is 21.6. The third-order valence-corrected chi connectivity index (χ3v) is 6.10. The van der Waals surface area contributed by atoms with Crippen molar-refractivity contribution in [2.45, 2.75) is 52.4 Å². The van der Waals surface area contributed by atoms with E-state index >= 15 is 0 Å². The summed E-state index contributed by atoms with van der Waals surface area (Å²) in [6, 6.07) is 11.8. The molecule has 1 heterocycles. The summed E-state index contributed by atoms with van der Waals surface area (Å²) in [5.41, 5.74) is 3.54. The van der Waals surface area contributed by atoms with Crippen molar-refractivity contribution >= 4 is 43.6 Å². The highest BCUT2D eigenvalue weighted by Gasteiger charge is 2.22. The minimum absolute atomic E-state index is 0.0631. The molecule has 150 valence electrons. The van der Waals surface area contributed by atoms with Gasteiger partial charge in [0.1, 0.15) is 22.1 Å². The van der Waals surface area contributed by atoms with Crippen LogP contribution in [0.15, 0.2) is 46.0 Å². The molecular formula is C26H24N2O2. The molecule has 30 heavy (non-hydrogen) atoms. The maximum atomic E-state index is 13.2. The van der Waals surface area contributed by atoms with Crippen LogP contribution in [0.2, 0.25) is 0 Å². The maximum absolute atomic E-state index is 13.2. The molecule has 0 bridgehead atoms. The highest BCUT2D eigenvalue weighted by molar-refractivity contribution is 6.15. The van der Waals surface area contributed by atoms with Crippen molar-refractivity contribution in [2.75, 3.05) is 0 Å². The Morgan fingerprint density at radius 3 is 1.23 bits per heavy atom. The molecule has 1 aromatic heterocycles. The molecule has 4 nitrogen and oxygen atoms in total. The zero-order valence-corrected chi connectivity index (χ0v) is 18.2. The second-order valence-corrected chi connectivity index (χ2v) is 10.3. The van der Waals surface area contributed by atoms with Crippen LogP contribution in [0.5, 0.6) is 0 Å². The van der Waals surface area contributed by atoms with E-state index in [0.29, 0.717) is 32.8 Å². The Morgan fingerprint density at radius 2 is 0.900 bits per heavy atom. The van der Waals surface area contributed by atoms with Gasteiger partial charge in [0.25, 0.3) is 0 Å². The van der Waals surface area contributed by atoms with Gasteiger partial charge in [-0.3, -0.25) is 9.59 Å². The van der Waals surface area contributed by atoms with Gasteiger partial charge in [-0.15, -0.1) is 0 Å². The van der Waals surface area contributed by atoms with Gasteiger partial charge in [0.05, 0.1) is 0 Å². The smallest absolute Gasteiger partial charge is 0.214 e. The van der Waals surface area contributed by atoms with Crippen molar-refractivity contribution in [3.63, 3.8) is 0 Å². The van der Waals surface area contributed by atoms with Gasteiger partial charge in [-0.2, -0.15) is 0 Å². The minimum atomic E-state index is -0.117. The monoisotopic (exact) mass is 396 g/mol. The van der Waals surface area contributed by atoms with Gasteiger partial charge < -0.3 is 0 Å². The van der Waals surface area contributed by atoms with E-state index in [1.165, 1.54) is 0 Å². The first kappa shape index (κ1) is 18.9. The van der Waals surface area contributed by atoms with E-state index < -0.39 is 0 Å². The molecule has 0 aliphatic heterocycles. The van der Waals surface area contributed by atoms with Crippen LogP contribution in [-0.4, -0.2) is 9.97 Å². The standard InChI is InChI=1S/C26H24N2O2/c1-25(2,3)13-7-9-15-17(11-13)23(29)21-19(15)27-22-20(28-21)16-10-8-14(26(4,5)6)12-18(16)24(22)30/h7-12H,1-6H3. The first-order valence-electron chi connectivity index (χ1n) is 10.3. The van der Waals surface area contributed by atoms with Crippen LogP contribution in [0.3, 0.4) is 0 Å². The second kappa shape index (κ2) is 5.72. The molecule has 0 saturated carbocycles. The Morgan fingerprint density at radius 1 is 0.533 bits per heavy atom. The highest BCUT2D eigenvalue weighted by atomic mass is 16.1. The predicted octanol–water partition coefficient (Wildman–Crippen LogP) is 5.28. The van der Waals surface area contributed by atoms with E-state index in [-0.39, 0.29) is 21.7 Å². The van der Waals surface area contributed by atoms with Gasteiger partial charge in [-0.05, 0) is 34.1 Å². The molecule has 0 N–H and O–H groups in total. The van der Waals surface area contributed by atoms with Crippen LogP contribution >= 0.6 is 0 Å². The van der Waals surface area contributed by atoms with E-state index in [1.54, 1.807) is 0 Å². The lowest BCUT2D eigenvalue weighted by Crippen LogP contribution is -2.11. The number of aromatic nitrogens is 2. The van der Waals surface area contributed by atoms with Crippen molar-refractivity contribution in [1.29, 1.82) is 0 Å². The number of benzene rings is 2. The van der Waals surface area contributed by atoms with Gasteiger partial charge in [0.2, 0.25) is 10.9 Å². The average Bonchev–Trinajstić information content (AvgIpc) is 3.11. The molecule has 0 amide bonds. The first-order valence-corrected chi connectivity index (χ1v) is 10.3. The Kier molecular flexibility index (Phi) is 3.60. The Labute approximate surface area is 174 Å². The van der Waals surface area contributed by atoms with Gasteiger partial charge >= 0.3 is 0 Å². The fourth-order valence-corrected chi connectivity index (χ4v) is 4.19. The summed E-state index contributed by atoms with van der Waals surface area (Å²) in [7, 11) is 0. The van der Waals surface area contributed by atoms with E-state index in [1.807, 2.05) is 36.4 Å². The van der Waals surface area contributed by atoms with E-state index in [2.05, 4.69) is 51.5 Å². The van der Waals surface area contributed by atoms with Crippen LogP contribution < -0.4 is 10.9 Å². The molecule has 0 aliphatic rings. The van der Waals surface area contributed by atoms with Gasteiger partial charge in [-0.1, -0.05) is 65.8 Å². The van der Waals surface area contributed by atoms with Crippen molar-refractivity contribution in [3.8, 4) is 0 Å². The predicted molar refractivity (Wildman–Crippen MR) is 124 cm³/mol. The van der Waals surface area contributed by atoms with Crippen molar-refractivity contribution < 1.29 is 0 Å². The lowest BCUT2D eigenvalue weighted by Gasteiger charge is -2.18. The quantitative estimate of drug-likeness (QED) is 0.357. The van der Waals surface area contributed by atoms with Crippen LogP contribution in [0.25, 0.3) is 43.6 Å². The molecule has 0 fully saturated rings. The summed E-state index contributed by atoms with van der Waals surface area (Å²) in [4.78, 5) is 35.7. The highest BCUT2D eigenvalue weighted by Crippen LogP contribution is 2.32. The Bertz CT molecular complexity index is 1470. The number of hydrogen-bond donors (Lipinski definition) is 0. The van der Waals surface area contributed by atoms with Crippen LogP contribution in [0.4, 0.5) is 0 Å². The summed E-state index contributed by atoms with van der Waals surface area (Å²) in [5, 5.41) is 2.77. The molecule has 4 heteroatoms. The van der Waals surface area contributed by atoms with Crippen LogP contribution in [-0.2, 0) is 10.8 Å².